The zero-order chi connectivity index (χ0) is 13.9. The molecular weight excluding hydrogens is 242 g/mol. The first-order valence-corrected chi connectivity index (χ1v) is 7.23. The second-order valence-corrected chi connectivity index (χ2v) is 5.96. The average Bonchev–Trinajstić information content (AvgIpc) is 3.17. The monoisotopic (exact) mass is 265 g/mol. The molecule has 1 fully saturated rings. The molecule has 2 atom stereocenters. The van der Waals surface area contributed by atoms with Crippen molar-refractivity contribution in [1.29, 1.82) is 0 Å². The molecule has 1 amide bonds. The minimum atomic E-state index is -0.862. The van der Waals surface area contributed by atoms with Crippen molar-refractivity contribution in [2.75, 3.05) is 6.54 Å². The quantitative estimate of drug-likeness (QED) is 0.724. The maximum absolute atomic E-state index is 12.2. The zero-order valence-electron chi connectivity index (χ0n) is 11.5. The van der Waals surface area contributed by atoms with Gasteiger partial charge in [0.15, 0.2) is 0 Å². The van der Waals surface area contributed by atoms with Gasteiger partial charge >= 0.3 is 5.97 Å². The summed E-state index contributed by atoms with van der Waals surface area (Å²) in [5.74, 6) is -1.91. The Morgan fingerprint density at radius 1 is 1.26 bits per heavy atom. The van der Waals surface area contributed by atoms with Crippen LogP contribution in [0.2, 0.25) is 0 Å². The molecule has 0 heterocycles. The van der Waals surface area contributed by atoms with Crippen LogP contribution in [0, 0.1) is 17.3 Å². The fourth-order valence-electron chi connectivity index (χ4n) is 3.00. The fourth-order valence-corrected chi connectivity index (χ4v) is 3.00. The van der Waals surface area contributed by atoms with Gasteiger partial charge in [-0.2, -0.15) is 0 Å². The summed E-state index contributed by atoms with van der Waals surface area (Å²) in [6, 6.07) is 0. The van der Waals surface area contributed by atoms with Crippen LogP contribution in [0.3, 0.4) is 0 Å². The van der Waals surface area contributed by atoms with Crippen molar-refractivity contribution >= 4 is 11.9 Å². The molecule has 2 rings (SSSR count). The van der Waals surface area contributed by atoms with E-state index in [1.807, 2.05) is 12.2 Å². The number of carboxylic acids is 1. The smallest absolute Gasteiger partial charge is 0.307 e. The van der Waals surface area contributed by atoms with Crippen molar-refractivity contribution in [1.82, 2.24) is 5.32 Å². The average molecular weight is 265 g/mol. The summed E-state index contributed by atoms with van der Waals surface area (Å²) in [7, 11) is 0. The number of carboxylic acid groups (broad SMARTS) is 1. The van der Waals surface area contributed by atoms with Crippen LogP contribution in [0.1, 0.15) is 45.4 Å². The second kappa shape index (κ2) is 5.76. The highest BCUT2D eigenvalue weighted by atomic mass is 16.4. The topological polar surface area (TPSA) is 66.4 Å². The van der Waals surface area contributed by atoms with E-state index in [2.05, 4.69) is 12.2 Å². The first-order chi connectivity index (χ1) is 9.08. The molecule has 0 aromatic heterocycles. The van der Waals surface area contributed by atoms with E-state index in [1.165, 1.54) is 12.8 Å². The van der Waals surface area contributed by atoms with Crippen LogP contribution in [-0.4, -0.2) is 23.5 Å². The summed E-state index contributed by atoms with van der Waals surface area (Å²) in [5, 5.41) is 12.2. The van der Waals surface area contributed by atoms with E-state index < -0.39 is 17.8 Å². The van der Waals surface area contributed by atoms with E-state index in [1.54, 1.807) is 0 Å². The highest BCUT2D eigenvalue weighted by Crippen LogP contribution is 2.49. The summed E-state index contributed by atoms with van der Waals surface area (Å²) in [6.45, 7) is 2.88. The third-order valence-electron chi connectivity index (χ3n) is 4.46. The molecule has 0 aromatic rings. The minimum Gasteiger partial charge on any atom is -0.481 e. The molecule has 2 unspecified atom stereocenters. The maximum Gasteiger partial charge on any atom is 0.307 e. The molecule has 2 N–H and O–H groups in total. The molecule has 4 heteroatoms. The molecule has 1 saturated carbocycles. The lowest BCUT2D eigenvalue weighted by Crippen LogP contribution is -2.41. The molecule has 0 aliphatic heterocycles. The number of carbonyl (C=O) groups excluding carboxylic acids is 1. The maximum atomic E-state index is 12.2. The van der Waals surface area contributed by atoms with Gasteiger partial charge in [-0.05, 0) is 37.5 Å². The Bertz CT molecular complexity index is 385. The molecule has 2 aliphatic carbocycles. The summed E-state index contributed by atoms with van der Waals surface area (Å²) in [5.41, 5.74) is 0.313. The zero-order valence-corrected chi connectivity index (χ0v) is 11.5. The number of hydrogen-bond donors (Lipinski definition) is 2. The van der Waals surface area contributed by atoms with E-state index in [9.17, 15) is 9.59 Å². The highest BCUT2D eigenvalue weighted by molar-refractivity contribution is 5.85. The molecule has 0 radical (unpaired) electrons. The van der Waals surface area contributed by atoms with Crippen LogP contribution in [0.5, 0.6) is 0 Å². The second-order valence-electron chi connectivity index (χ2n) is 5.96. The molecule has 106 valence electrons. The third-order valence-corrected chi connectivity index (χ3v) is 4.46. The van der Waals surface area contributed by atoms with E-state index in [0.717, 1.165) is 12.8 Å². The van der Waals surface area contributed by atoms with Crippen molar-refractivity contribution < 1.29 is 14.7 Å². The first kappa shape index (κ1) is 14.1. The van der Waals surface area contributed by atoms with Gasteiger partial charge in [0.1, 0.15) is 0 Å². The molecule has 0 aromatic carbocycles. The Morgan fingerprint density at radius 3 is 2.42 bits per heavy atom. The van der Waals surface area contributed by atoms with Crippen molar-refractivity contribution in [2.24, 2.45) is 17.3 Å². The van der Waals surface area contributed by atoms with E-state index in [0.29, 0.717) is 24.8 Å². The summed E-state index contributed by atoms with van der Waals surface area (Å²) in [6.07, 6.45) is 9.46. The third kappa shape index (κ3) is 3.37. The number of rotatable bonds is 6. The number of hydrogen-bond acceptors (Lipinski definition) is 2. The summed E-state index contributed by atoms with van der Waals surface area (Å²) >= 11 is 0. The van der Waals surface area contributed by atoms with Gasteiger partial charge < -0.3 is 10.4 Å². The first-order valence-electron chi connectivity index (χ1n) is 7.23. The summed E-state index contributed by atoms with van der Waals surface area (Å²) in [4.78, 5) is 23.4. The number of allylic oxidation sites excluding steroid dienone is 2. The van der Waals surface area contributed by atoms with Gasteiger partial charge in [0.2, 0.25) is 5.91 Å². The molecule has 19 heavy (non-hydrogen) atoms. The predicted octanol–water partition coefficient (Wildman–Crippen LogP) is 2.35. The van der Waals surface area contributed by atoms with Gasteiger partial charge in [0.25, 0.3) is 0 Å². The lowest BCUT2D eigenvalue weighted by atomic mass is 9.82. The molecule has 0 saturated heterocycles. The van der Waals surface area contributed by atoms with Crippen LogP contribution < -0.4 is 5.32 Å². The van der Waals surface area contributed by atoms with Crippen LogP contribution in [-0.2, 0) is 9.59 Å². The molecule has 4 nitrogen and oxygen atoms in total. The molecule has 0 bridgehead atoms. The van der Waals surface area contributed by atoms with Gasteiger partial charge in [0, 0.05) is 6.54 Å². The predicted molar refractivity (Wildman–Crippen MR) is 72.6 cm³/mol. The number of amides is 1. The number of nitrogens with one attached hydrogen (secondary N) is 1. The molecule has 0 spiro atoms. The van der Waals surface area contributed by atoms with Crippen LogP contribution in [0.15, 0.2) is 12.2 Å². The lowest BCUT2D eigenvalue weighted by molar-refractivity contribution is -0.147. The Hall–Kier alpha value is -1.32. The van der Waals surface area contributed by atoms with Gasteiger partial charge in [-0.25, -0.2) is 0 Å². The van der Waals surface area contributed by atoms with Crippen molar-refractivity contribution in [3.63, 3.8) is 0 Å². The Morgan fingerprint density at radius 2 is 1.89 bits per heavy atom. The fraction of sp³-hybridized carbons (Fsp3) is 0.733. The molecule has 2 aliphatic rings. The minimum absolute atomic E-state index is 0.0841. The number of aliphatic carboxylic acids is 1. The standard InChI is InChI=1S/C15H23NO3/c1-2-7-15(8-9-15)10-16-13(17)11-5-3-4-6-12(11)14(18)19/h3-4,11-12H,2,5-10H2,1H3,(H,16,17)(H,18,19). The normalized spacial score (nSPS) is 27.8. The Balaban J connectivity index is 1.88. The van der Waals surface area contributed by atoms with Crippen LogP contribution in [0.25, 0.3) is 0 Å². The van der Waals surface area contributed by atoms with Gasteiger partial charge in [-0.1, -0.05) is 25.5 Å². The van der Waals surface area contributed by atoms with Crippen LogP contribution >= 0.6 is 0 Å². The van der Waals surface area contributed by atoms with E-state index in [-0.39, 0.29) is 5.91 Å². The lowest BCUT2D eigenvalue weighted by Gasteiger charge is -2.25. The van der Waals surface area contributed by atoms with Gasteiger partial charge in [0.05, 0.1) is 11.8 Å². The van der Waals surface area contributed by atoms with E-state index in [4.69, 9.17) is 5.11 Å². The molecular formula is C15H23NO3. The number of carbonyl (C=O) groups is 2. The summed E-state index contributed by atoms with van der Waals surface area (Å²) < 4.78 is 0. The highest BCUT2D eigenvalue weighted by Gasteiger charge is 2.42. The van der Waals surface area contributed by atoms with Crippen molar-refractivity contribution in [2.45, 2.75) is 45.4 Å². The SMILES string of the molecule is CCCC1(CNC(=O)C2CC=CCC2C(=O)O)CC1. The largest absolute Gasteiger partial charge is 0.481 e. The Labute approximate surface area is 114 Å². The Kier molecular flexibility index (Phi) is 4.27. The van der Waals surface area contributed by atoms with E-state index >= 15 is 0 Å². The van der Waals surface area contributed by atoms with Gasteiger partial charge in [-0.15, -0.1) is 0 Å². The van der Waals surface area contributed by atoms with Crippen LogP contribution in [0.4, 0.5) is 0 Å². The van der Waals surface area contributed by atoms with Crippen molar-refractivity contribution in [3.05, 3.63) is 12.2 Å². The van der Waals surface area contributed by atoms with Gasteiger partial charge in [-0.3, -0.25) is 9.59 Å². The van der Waals surface area contributed by atoms with Crippen molar-refractivity contribution in [3.8, 4) is 0 Å².